The summed E-state index contributed by atoms with van der Waals surface area (Å²) in [6.45, 7) is 4.36. The zero-order valence-corrected chi connectivity index (χ0v) is 17.9. The fraction of sp³-hybridized carbons (Fsp3) is 0.357. The van der Waals surface area contributed by atoms with Gasteiger partial charge in [-0.05, 0) is 85.7 Å². The molecule has 2 unspecified atom stereocenters. The van der Waals surface area contributed by atoms with Gasteiger partial charge in [0, 0.05) is 0 Å². The summed E-state index contributed by atoms with van der Waals surface area (Å²) in [6, 6.07) is 4.26. The first-order chi connectivity index (χ1) is 14.6. The van der Waals surface area contributed by atoms with Crippen LogP contribution in [0.3, 0.4) is 0 Å². The van der Waals surface area contributed by atoms with E-state index in [1.807, 2.05) is 0 Å². The Morgan fingerprint density at radius 1 is 1.03 bits per heavy atom. The number of hydrogen-bond donors (Lipinski definition) is 0. The predicted molar refractivity (Wildman–Crippen MR) is 122 cm³/mol. The number of nitrogens with zero attached hydrogens (tertiary/aromatic N) is 2. The van der Waals surface area contributed by atoms with Crippen LogP contribution in [-0.2, 0) is 0 Å². The van der Waals surface area contributed by atoms with E-state index in [1.54, 1.807) is 0 Å². The van der Waals surface area contributed by atoms with Crippen LogP contribution >= 0.6 is 0 Å². The van der Waals surface area contributed by atoms with Gasteiger partial charge in [0.1, 0.15) is 17.7 Å². The number of rotatable bonds is 2. The van der Waals surface area contributed by atoms with E-state index < -0.39 is 0 Å². The average molecular weight is 393 g/mol. The minimum atomic E-state index is 0.299. The van der Waals surface area contributed by atoms with Crippen LogP contribution in [0.1, 0.15) is 52.4 Å². The number of nitriles is 2. The molecule has 4 rings (SSSR count). The fourth-order valence-electron chi connectivity index (χ4n) is 5.30. The topological polar surface area (TPSA) is 47.6 Å². The minimum absolute atomic E-state index is 0.299. The van der Waals surface area contributed by atoms with Crippen LogP contribution in [0.4, 0.5) is 0 Å². The Kier molecular flexibility index (Phi) is 5.87. The van der Waals surface area contributed by atoms with E-state index in [0.29, 0.717) is 17.4 Å². The van der Waals surface area contributed by atoms with Crippen LogP contribution in [0.2, 0.25) is 0 Å². The molecule has 0 N–H and O–H groups in total. The first-order valence-corrected chi connectivity index (χ1v) is 11.0. The van der Waals surface area contributed by atoms with Gasteiger partial charge in [-0.15, -0.1) is 0 Å². The largest absolute Gasteiger partial charge is 0.192 e. The van der Waals surface area contributed by atoms with Crippen molar-refractivity contribution in [3.8, 4) is 12.1 Å². The summed E-state index contributed by atoms with van der Waals surface area (Å²) in [6.07, 6.45) is 24.2. The quantitative estimate of drug-likeness (QED) is 0.470. The molecule has 0 aromatic carbocycles. The smallest absolute Gasteiger partial charge is 0.133 e. The lowest BCUT2D eigenvalue weighted by Gasteiger charge is -2.27. The minimum Gasteiger partial charge on any atom is -0.192 e. The monoisotopic (exact) mass is 392 g/mol. The Hall–Kier alpha value is -3.10. The second-order valence-electron chi connectivity index (χ2n) is 8.93. The molecule has 0 amide bonds. The highest BCUT2D eigenvalue weighted by Crippen LogP contribution is 2.46. The van der Waals surface area contributed by atoms with Crippen molar-refractivity contribution in [3.63, 3.8) is 0 Å². The first kappa shape index (κ1) is 20.2. The molecular formula is C28H28N2. The summed E-state index contributed by atoms with van der Waals surface area (Å²) >= 11 is 0. The summed E-state index contributed by atoms with van der Waals surface area (Å²) < 4.78 is 0. The number of fused-ring (bicyclic) bond motifs is 1. The lowest BCUT2D eigenvalue weighted by Crippen LogP contribution is -2.16. The molecule has 0 aromatic heterocycles. The number of allylic oxidation sites excluding steroid dienone is 16. The van der Waals surface area contributed by atoms with Gasteiger partial charge in [0.25, 0.3) is 0 Å². The van der Waals surface area contributed by atoms with E-state index in [2.05, 4.69) is 74.6 Å². The van der Waals surface area contributed by atoms with E-state index >= 15 is 0 Å². The molecule has 2 atom stereocenters. The maximum atomic E-state index is 9.42. The zero-order chi connectivity index (χ0) is 21.1. The summed E-state index contributed by atoms with van der Waals surface area (Å²) in [5, 5.41) is 18.8. The third kappa shape index (κ3) is 3.96. The van der Waals surface area contributed by atoms with Gasteiger partial charge in [0.2, 0.25) is 0 Å². The Balaban J connectivity index is 1.65. The molecule has 150 valence electrons. The van der Waals surface area contributed by atoms with Crippen molar-refractivity contribution in [3.05, 3.63) is 93.2 Å². The molecule has 1 saturated carbocycles. The highest BCUT2D eigenvalue weighted by atomic mass is 14.4. The lowest BCUT2D eigenvalue weighted by atomic mass is 9.76. The van der Waals surface area contributed by atoms with Crippen LogP contribution in [0.5, 0.6) is 0 Å². The van der Waals surface area contributed by atoms with Crippen LogP contribution in [0.25, 0.3) is 0 Å². The summed E-state index contributed by atoms with van der Waals surface area (Å²) in [5.41, 5.74) is 9.37. The van der Waals surface area contributed by atoms with Crippen molar-refractivity contribution in [2.24, 2.45) is 11.8 Å². The van der Waals surface area contributed by atoms with Crippen LogP contribution in [0, 0.1) is 34.5 Å². The maximum Gasteiger partial charge on any atom is 0.133 e. The highest BCUT2D eigenvalue weighted by Gasteiger charge is 2.34. The van der Waals surface area contributed by atoms with Gasteiger partial charge >= 0.3 is 0 Å². The summed E-state index contributed by atoms with van der Waals surface area (Å²) in [7, 11) is 0. The SMILES string of the molecule is CC(C)=C1C=C(C=CC2=CC(=C(C#N)C#N)C3CCCC3C2)CC2=C1C=CC=CC2. The molecular weight excluding hydrogens is 364 g/mol. The van der Waals surface area contributed by atoms with Gasteiger partial charge in [0.15, 0.2) is 0 Å². The van der Waals surface area contributed by atoms with Crippen molar-refractivity contribution in [1.82, 2.24) is 0 Å². The molecule has 2 heteroatoms. The molecule has 1 fully saturated rings. The third-order valence-electron chi connectivity index (χ3n) is 6.75. The van der Waals surface area contributed by atoms with Gasteiger partial charge in [-0.25, -0.2) is 0 Å². The Labute approximate surface area is 180 Å². The van der Waals surface area contributed by atoms with Gasteiger partial charge < -0.3 is 0 Å². The molecule has 30 heavy (non-hydrogen) atoms. The second kappa shape index (κ2) is 8.73. The van der Waals surface area contributed by atoms with Crippen LogP contribution in [-0.4, -0.2) is 0 Å². The van der Waals surface area contributed by atoms with Gasteiger partial charge in [0.05, 0.1) is 0 Å². The Morgan fingerprint density at radius 3 is 2.60 bits per heavy atom. The number of hydrogen-bond acceptors (Lipinski definition) is 2. The lowest BCUT2D eigenvalue weighted by molar-refractivity contribution is 0.430. The van der Waals surface area contributed by atoms with Gasteiger partial charge in [-0.3, -0.25) is 0 Å². The molecule has 0 heterocycles. The molecule has 0 radical (unpaired) electrons. The standard InChI is InChI=1S/C28H28N2/c1-19(2)27-15-20(13-22-7-4-3-5-9-25(22)27)11-12-21-14-23-8-6-10-26(23)28(16-21)24(17-29)18-30/h3-5,9,11-12,15-16,23,26H,6-8,10,13-14H2,1-2H3. The fourth-order valence-corrected chi connectivity index (χ4v) is 5.30. The summed E-state index contributed by atoms with van der Waals surface area (Å²) in [5.74, 6) is 0.960. The Bertz CT molecular complexity index is 1060. The molecule has 0 saturated heterocycles. The van der Waals surface area contributed by atoms with Gasteiger partial charge in [-0.1, -0.05) is 66.2 Å². The third-order valence-corrected chi connectivity index (χ3v) is 6.75. The van der Waals surface area contributed by atoms with Crippen molar-refractivity contribution in [2.75, 3.05) is 0 Å². The first-order valence-electron chi connectivity index (χ1n) is 11.0. The van der Waals surface area contributed by atoms with Crippen molar-refractivity contribution >= 4 is 0 Å². The molecule has 0 aromatic rings. The van der Waals surface area contributed by atoms with E-state index in [4.69, 9.17) is 0 Å². The van der Waals surface area contributed by atoms with E-state index in [0.717, 1.165) is 31.3 Å². The van der Waals surface area contributed by atoms with Crippen molar-refractivity contribution < 1.29 is 0 Å². The Morgan fingerprint density at radius 2 is 1.83 bits per heavy atom. The van der Waals surface area contributed by atoms with E-state index in [1.165, 1.54) is 46.3 Å². The van der Waals surface area contributed by atoms with Crippen LogP contribution in [0.15, 0.2) is 93.2 Å². The average Bonchev–Trinajstić information content (AvgIpc) is 3.09. The molecule has 0 spiro atoms. The predicted octanol–water partition coefficient (Wildman–Crippen LogP) is 7.11. The molecule has 4 aliphatic carbocycles. The van der Waals surface area contributed by atoms with Crippen molar-refractivity contribution in [1.29, 1.82) is 10.5 Å². The normalized spacial score (nSPS) is 25.2. The second-order valence-corrected chi connectivity index (χ2v) is 8.93. The highest BCUT2D eigenvalue weighted by molar-refractivity contribution is 5.59. The van der Waals surface area contributed by atoms with Crippen LogP contribution < -0.4 is 0 Å². The molecule has 0 bridgehead atoms. The zero-order valence-electron chi connectivity index (χ0n) is 17.9. The molecule has 2 nitrogen and oxygen atoms in total. The molecule has 4 aliphatic rings. The van der Waals surface area contributed by atoms with Gasteiger partial charge in [-0.2, -0.15) is 10.5 Å². The summed E-state index contributed by atoms with van der Waals surface area (Å²) in [4.78, 5) is 0. The maximum absolute atomic E-state index is 9.42. The van der Waals surface area contributed by atoms with E-state index in [9.17, 15) is 10.5 Å². The van der Waals surface area contributed by atoms with E-state index in [-0.39, 0.29) is 0 Å². The van der Waals surface area contributed by atoms with Crippen molar-refractivity contribution in [2.45, 2.75) is 52.4 Å². The molecule has 0 aliphatic heterocycles.